The lowest BCUT2D eigenvalue weighted by molar-refractivity contribution is -0.144. The molecule has 0 aliphatic carbocycles. The number of thiazole rings is 1. The molecule has 6 heteroatoms. The number of esters is 1. The Morgan fingerprint density at radius 3 is 2.79 bits per heavy atom. The van der Waals surface area contributed by atoms with E-state index in [2.05, 4.69) is 11.9 Å². The summed E-state index contributed by atoms with van der Waals surface area (Å²) in [6.07, 6.45) is 0.262. The molecule has 0 spiro atoms. The van der Waals surface area contributed by atoms with Crippen LogP contribution in [-0.2, 0) is 22.6 Å². The first-order chi connectivity index (χ1) is 13.7. The van der Waals surface area contributed by atoms with E-state index in [9.17, 15) is 4.79 Å². The largest absolute Gasteiger partial charge is 0.459 e. The lowest BCUT2D eigenvalue weighted by atomic mass is 10.1. The van der Waals surface area contributed by atoms with Crippen molar-refractivity contribution in [2.75, 3.05) is 5.75 Å². The molecule has 0 aliphatic rings. The third kappa shape index (κ3) is 4.46. The maximum absolute atomic E-state index is 12.1. The second-order valence-electron chi connectivity index (χ2n) is 6.21. The lowest BCUT2D eigenvalue weighted by Crippen LogP contribution is -2.08. The predicted octanol–water partition coefficient (Wildman–Crippen LogP) is 5.95. The highest BCUT2D eigenvalue weighted by Crippen LogP contribution is 2.30. The van der Waals surface area contributed by atoms with Gasteiger partial charge >= 0.3 is 5.97 Å². The molecule has 0 unspecified atom stereocenters. The van der Waals surface area contributed by atoms with Crippen LogP contribution in [-0.4, -0.2) is 16.7 Å². The summed E-state index contributed by atoms with van der Waals surface area (Å²) in [4.78, 5) is 17.9. The summed E-state index contributed by atoms with van der Waals surface area (Å²) in [6.45, 7) is 2.29. The first-order valence-electron chi connectivity index (χ1n) is 9.02. The molecule has 4 rings (SSSR count). The van der Waals surface area contributed by atoms with E-state index in [-0.39, 0.29) is 19.0 Å². The van der Waals surface area contributed by atoms with Gasteiger partial charge in [0, 0.05) is 15.7 Å². The van der Waals surface area contributed by atoms with Gasteiger partial charge in [-0.05, 0) is 35.6 Å². The van der Waals surface area contributed by atoms with Crippen molar-refractivity contribution in [3.63, 3.8) is 0 Å². The molecule has 0 radical (unpaired) electrons. The molecule has 28 heavy (non-hydrogen) atoms. The number of rotatable bonds is 7. The average Bonchev–Trinajstić information content (AvgIpc) is 3.35. The zero-order valence-electron chi connectivity index (χ0n) is 15.4. The molecule has 2 heterocycles. The van der Waals surface area contributed by atoms with Crippen LogP contribution in [0.2, 0.25) is 0 Å². The van der Waals surface area contributed by atoms with E-state index < -0.39 is 0 Å². The number of thioether (sulfide) groups is 1. The topological polar surface area (TPSA) is 52.3 Å². The van der Waals surface area contributed by atoms with Crippen molar-refractivity contribution in [2.45, 2.75) is 24.8 Å². The Bertz CT molecular complexity index is 1050. The van der Waals surface area contributed by atoms with Crippen molar-refractivity contribution < 1.29 is 13.9 Å². The number of hydrogen-bond acceptors (Lipinski definition) is 6. The molecule has 0 atom stereocenters. The zero-order valence-corrected chi connectivity index (χ0v) is 17.0. The minimum Gasteiger partial charge on any atom is -0.459 e. The van der Waals surface area contributed by atoms with Gasteiger partial charge in [0.2, 0.25) is 0 Å². The van der Waals surface area contributed by atoms with Gasteiger partial charge in [0.15, 0.2) is 10.8 Å². The number of para-hydroxylation sites is 1. The maximum atomic E-state index is 12.1. The van der Waals surface area contributed by atoms with Crippen molar-refractivity contribution in [1.29, 1.82) is 0 Å². The Kier molecular flexibility index (Phi) is 5.78. The normalized spacial score (nSPS) is 11.0. The van der Waals surface area contributed by atoms with Gasteiger partial charge in [-0.1, -0.05) is 37.3 Å². The summed E-state index contributed by atoms with van der Waals surface area (Å²) in [7, 11) is 0. The molecule has 0 aliphatic heterocycles. The van der Waals surface area contributed by atoms with Gasteiger partial charge in [0.1, 0.15) is 12.2 Å². The highest BCUT2D eigenvalue weighted by Gasteiger charge is 2.12. The number of ether oxygens (including phenoxy) is 1. The van der Waals surface area contributed by atoms with Crippen LogP contribution >= 0.6 is 23.1 Å². The van der Waals surface area contributed by atoms with E-state index >= 15 is 0 Å². The van der Waals surface area contributed by atoms with Crippen LogP contribution in [0.3, 0.4) is 0 Å². The Morgan fingerprint density at radius 1 is 1.18 bits per heavy atom. The first-order valence-corrected chi connectivity index (χ1v) is 10.9. The van der Waals surface area contributed by atoms with Gasteiger partial charge in [0.05, 0.1) is 12.1 Å². The van der Waals surface area contributed by atoms with Gasteiger partial charge < -0.3 is 9.15 Å². The fraction of sp³-hybridized carbons (Fsp3) is 0.182. The Balaban J connectivity index is 1.34. The van der Waals surface area contributed by atoms with Gasteiger partial charge in [-0.3, -0.25) is 4.79 Å². The minimum absolute atomic E-state index is 0.166. The number of carbonyl (C=O) groups excluding carboxylic acids is 1. The minimum atomic E-state index is -0.255. The highest BCUT2D eigenvalue weighted by molar-refractivity contribution is 7.99. The summed E-state index contributed by atoms with van der Waals surface area (Å²) in [6, 6.07) is 17.9. The fourth-order valence-electron chi connectivity index (χ4n) is 2.82. The number of carbonyl (C=O) groups is 1. The zero-order chi connectivity index (χ0) is 19.3. The third-order valence-corrected chi connectivity index (χ3v) is 5.95. The lowest BCUT2D eigenvalue weighted by Gasteiger charge is -2.04. The van der Waals surface area contributed by atoms with Crippen LogP contribution in [0.1, 0.15) is 18.2 Å². The Labute approximate surface area is 171 Å². The van der Waals surface area contributed by atoms with E-state index in [4.69, 9.17) is 9.15 Å². The van der Waals surface area contributed by atoms with Crippen LogP contribution in [0.15, 0.2) is 69.3 Å². The number of nitrogens with zero attached hydrogens (tertiary/aromatic N) is 1. The molecule has 142 valence electrons. The van der Waals surface area contributed by atoms with Crippen LogP contribution in [0.25, 0.3) is 21.7 Å². The van der Waals surface area contributed by atoms with Crippen LogP contribution in [0.4, 0.5) is 0 Å². The van der Waals surface area contributed by atoms with Gasteiger partial charge in [-0.15, -0.1) is 23.1 Å². The average molecular weight is 410 g/mol. The number of hydrogen-bond donors (Lipinski definition) is 0. The first kappa shape index (κ1) is 18.8. The Morgan fingerprint density at radius 2 is 2.00 bits per heavy atom. The summed E-state index contributed by atoms with van der Waals surface area (Å²) in [5, 5.41) is 3.72. The maximum Gasteiger partial charge on any atom is 0.310 e. The summed E-state index contributed by atoms with van der Waals surface area (Å²) in [5.41, 5.74) is 2.51. The monoisotopic (exact) mass is 409 g/mol. The van der Waals surface area contributed by atoms with Crippen LogP contribution in [0, 0.1) is 0 Å². The molecule has 0 saturated carbocycles. The molecule has 0 bridgehead atoms. The van der Waals surface area contributed by atoms with Crippen molar-refractivity contribution in [2.24, 2.45) is 0 Å². The predicted molar refractivity (Wildman–Crippen MR) is 114 cm³/mol. The summed E-state index contributed by atoms with van der Waals surface area (Å²) >= 11 is 3.26. The highest BCUT2D eigenvalue weighted by atomic mass is 32.2. The quantitative estimate of drug-likeness (QED) is 0.279. The molecule has 4 nitrogen and oxygen atoms in total. The van der Waals surface area contributed by atoms with E-state index in [1.54, 1.807) is 11.8 Å². The van der Waals surface area contributed by atoms with E-state index in [0.717, 1.165) is 38.7 Å². The van der Waals surface area contributed by atoms with Gasteiger partial charge in [-0.25, -0.2) is 4.98 Å². The van der Waals surface area contributed by atoms with Crippen LogP contribution in [0.5, 0.6) is 0 Å². The molecule has 0 amide bonds. The summed E-state index contributed by atoms with van der Waals surface area (Å²) in [5.74, 6) is 1.51. The number of benzene rings is 2. The van der Waals surface area contributed by atoms with Crippen molar-refractivity contribution in [3.05, 3.63) is 71.2 Å². The second-order valence-corrected chi connectivity index (χ2v) is 8.40. The van der Waals surface area contributed by atoms with E-state index in [0.29, 0.717) is 0 Å². The molecular weight excluding hydrogens is 390 g/mol. The Hall–Kier alpha value is -2.57. The number of furan rings is 1. The molecule has 0 fully saturated rings. The van der Waals surface area contributed by atoms with Gasteiger partial charge in [0.25, 0.3) is 0 Å². The molecule has 0 saturated heterocycles. The number of fused-ring (bicyclic) bond motifs is 1. The van der Waals surface area contributed by atoms with E-state index in [1.165, 1.54) is 16.2 Å². The van der Waals surface area contributed by atoms with Crippen molar-refractivity contribution in [1.82, 2.24) is 4.98 Å². The molecular formula is C22H19NO3S2. The van der Waals surface area contributed by atoms with Gasteiger partial charge in [-0.2, -0.15) is 0 Å². The van der Waals surface area contributed by atoms with E-state index in [1.807, 2.05) is 60.0 Å². The molecule has 2 aromatic heterocycles. The third-order valence-electron chi connectivity index (χ3n) is 4.15. The second kappa shape index (κ2) is 8.63. The smallest absolute Gasteiger partial charge is 0.310 e. The van der Waals surface area contributed by atoms with Crippen molar-refractivity contribution >= 4 is 40.0 Å². The standard InChI is InChI=1S/C22H19NO3S2/c1-2-27-18-9-7-15(8-10-18)11-21(24)25-13-17-14-28-22(23-17)20-12-16-5-3-4-6-19(16)26-20/h3-10,12,14H,2,11,13H2,1H3. The van der Waals surface area contributed by atoms with Crippen LogP contribution < -0.4 is 0 Å². The molecule has 2 aromatic carbocycles. The fourth-order valence-corrected chi connectivity index (χ4v) is 4.23. The summed E-state index contributed by atoms with van der Waals surface area (Å²) < 4.78 is 11.2. The molecule has 0 N–H and O–H groups in total. The number of aromatic nitrogens is 1. The molecule has 4 aromatic rings. The SMILES string of the molecule is CCSc1ccc(CC(=O)OCc2csc(-c3cc4ccccc4o3)n2)cc1. The van der Waals surface area contributed by atoms with Crippen molar-refractivity contribution in [3.8, 4) is 10.8 Å².